The topological polar surface area (TPSA) is 125 Å². The van der Waals surface area contributed by atoms with Gasteiger partial charge in [0.25, 0.3) is 0 Å². The maximum Gasteiger partial charge on any atom is 0.350 e. The summed E-state index contributed by atoms with van der Waals surface area (Å²) in [6, 6.07) is 18.7. The Bertz CT molecular complexity index is 1920. The summed E-state index contributed by atoms with van der Waals surface area (Å²) < 4.78 is 51.1. The average molecular weight is 689 g/mol. The molecule has 3 aromatic carbocycles. The molecule has 262 valence electrons. The van der Waals surface area contributed by atoms with Gasteiger partial charge >= 0.3 is 5.69 Å². The molecule has 7 rings (SSSR count). The molecule has 2 fully saturated rings. The number of anilines is 2. The fraction of sp³-hybridized carbons (Fsp3) is 0.371. The second-order valence-electron chi connectivity index (χ2n) is 12.3. The van der Waals surface area contributed by atoms with E-state index in [1.54, 1.807) is 0 Å². The predicted octanol–water partition coefficient (Wildman–Crippen LogP) is 3.52. The zero-order chi connectivity index (χ0) is 34.7. The molecule has 2 aliphatic rings. The monoisotopic (exact) mass is 688 g/mol. The van der Waals surface area contributed by atoms with Crippen molar-refractivity contribution in [1.29, 1.82) is 0 Å². The standard InChI is InChI=1S/C35H38F2N8O5/c1-2-26(18-46)45-34(47)44(24-40-45)29-6-4-27(5-7-29)41-13-15-42(16-14-41)28-8-10-30(11-9-28)48-19-31-20-49-35(50-31,21-43-23-38-22-39-43)32-12-3-25(36)17-33(32)37/h3-12,17,22-24,26,31,46H,2,13-16,18-21H2,1H3. The van der Waals surface area contributed by atoms with Crippen LogP contribution in [0.2, 0.25) is 0 Å². The number of nitrogens with zero attached hydrogens (tertiary/aromatic N) is 8. The normalized spacial score (nSPS) is 20.0. The maximum absolute atomic E-state index is 14.9. The molecule has 0 radical (unpaired) electrons. The van der Waals surface area contributed by atoms with Gasteiger partial charge in [-0.15, -0.1) is 0 Å². The van der Waals surface area contributed by atoms with Crippen LogP contribution >= 0.6 is 0 Å². The first kappa shape index (κ1) is 33.4. The number of aliphatic hydroxyl groups excluding tert-OH is 1. The molecule has 1 N–H and O–H groups in total. The molecule has 15 heteroatoms. The summed E-state index contributed by atoms with van der Waals surface area (Å²) in [5.74, 6) is -2.33. The molecule has 4 heterocycles. The summed E-state index contributed by atoms with van der Waals surface area (Å²) in [5.41, 5.74) is 2.67. The molecule has 5 aromatic rings. The van der Waals surface area contributed by atoms with Crippen LogP contribution in [0.4, 0.5) is 20.2 Å². The molecule has 50 heavy (non-hydrogen) atoms. The van der Waals surface area contributed by atoms with Crippen LogP contribution in [-0.2, 0) is 21.8 Å². The van der Waals surface area contributed by atoms with Gasteiger partial charge in [-0.3, -0.25) is 0 Å². The van der Waals surface area contributed by atoms with E-state index in [4.69, 9.17) is 14.2 Å². The largest absolute Gasteiger partial charge is 0.491 e. The van der Waals surface area contributed by atoms with Crippen LogP contribution in [0.1, 0.15) is 24.9 Å². The Hall–Kier alpha value is -5.12. The first-order valence-electron chi connectivity index (χ1n) is 16.6. The molecule has 2 aliphatic heterocycles. The van der Waals surface area contributed by atoms with E-state index < -0.39 is 23.5 Å². The fourth-order valence-electron chi connectivity index (χ4n) is 6.39. The van der Waals surface area contributed by atoms with Crippen molar-refractivity contribution in [3.8, 4) is 11.4 Å². The number of rotatable bonds is 12. The number of hydrogen-bond donors (Lipinski definition) is 1. The van der Waals surface area contributed by atoms with Gasteiger partial charge in [0.05, 0.1) is 24.9 Å². The van der Waals surface area contributed by atoms with Crippen molar-refractivity contribution in [3.63, 3.8) is 0 Å². The molecule has 0 saturated carbocycles. The Morgan fingerprint density at radius 1 is 0.940 bits per heavy atom. The third-order valence-electron chi connectivity index (χ3n) is 9.17. The number of aliphatic hydroxyl groups is 1. The van der Waals surface area contributed by atoms with Gasteiger partial charge in [0.1, 0.15) is 55.6 Å². The lowest BCUT2D eigenvalue weighted by atomic mass is 10.0. The number of halogens is 2. The zero-order valence-corrected chi connectivity index (χ0v) is 27.5. The highest BCUT2D eigenvalue weighted by Crippen LogP contribution is 2.38. The second kappa shape index (κ2) is 14.4. The van der Waals surface area contributed by atoms with E-state index in [-0.39, 0.29) is 43.7 Å². The minimum atomic E-state index is -1.52. The molecule has 0 spiro atoms. The van der Waals surface area contributed by atoms with Crippen LogP contribution in [0.3, 0.4) is 0 Å². The Morgan fingerprint density at radius 3 is 2.24 bits per heavy atom. The summed E-state index contributed by atoms with van der Waals surface area (Å²) >= 11 is 0. The molecule has 3 atom stereocenters. The SMILES string of the molecule is CCC(CO)n1ncn(-c2ccc(N3CCN(c4ccc(OCC5COC(Cn6cncn6)(c6ccc(F)cc6F)O5)cc4)CC3)cc2)c1=O. The van der Waals surface area contributed by atoms with Gasteiger partial charge in [-0.1, -0.05) is 6.92 Å². The lowest BCUT2D eigenvalue weighted by molar-refractivity contribution is -0.192. The van der Waals surface area contributed by atoms with Crippen molar-refractivity contribution >= 4 is 11.4 Å². The van der Waals surface area contributed by atoms with Gasteiger partial charge in [0.15, 0.2) is 0 Å². The molecular weight excluding hydrogens is 650 g/mol. The van der Waals surface area contributed by atoms with Crippen LogP contribution in [0, 0.1) is 11.6 Å². The Morgan fingerprint density at radius 2 is 1.62 bits per heavy atom. The predicted molar refractivity (Wildman–Crippen MR) is 179 cm³/mol. The van der Waals surface area contributed by atoms with E-state index in [2.05, 4.69) is 25.0 Å². The maximum atomic E-state index is 14.9. The van der Waals surface area contributed by atoms with E-state index in [1.807, 2.05) is 55.5 Å². The average Bonchev–Trinajstić information content (AvgIpc) is 3.90. The van der Waals surface area contributed by atoms with Gasteiger partial charge < -0.3 is 29.1 Å². The van der Waals surface area contributed by atoms with Crippen LogP contribution in [0.15, 0.2) is 90.5 Å². The van der Waals surface area contributed by atoms with Gasteiger partial charge in [0.2, 0.25) is 5.79 Å². The summed E-state index contributed by atoms with van der Waals surface area (Å²) in [6.45, 7) is 5.42. The van der Waals surface area contributed by atoms with Gasteiger partial charge in [-0.2, -0.15) is 10.2 Å². The van der Waals surface area contributed by atoms with Crippen molar-refractivity contribution < 1.29 is 28.1 Å². The summed E-state index contributed by atoms with van der Waals surface area (Å²) in [7, 11) is 0. The van der Waals surface area contributed by atoms with Gasteiger partial charge in [-0.05, 0) is 67.1 Å². The number of benzene rings is 3. The van der Waals surface area contributed by atoms with Crippen molar-refractivity contribution in [2.45, 2.75) is 37.8 Å². The molecule has 3 unspecified atom stereocenters. The smallest absolute Gasteiger partial charge is 0.350 e. The van der Waals surface area contributed by atoms with E-state index in [1.165, 1.54) is 45.0 Å². The van der Waals surface area contributed by atoms with E-state index in [9.17, 15) is 18.7 Å². The highest BCUT2D eigenvalue weighted by Gasteiger charge is 2.46. The van der Waals surface area contributed by atoms with E-state index >= 15 is 0 Å². The Labute approximate surface area is 286 Å². The van der Waals surface area contributed by atoms with Crippen LogP contribution in [0.5, 0.6) is 5.75 Å². The van der Waals surface area contributed by atoms with E-state index in [0.29, 0.717) is 12.2 Å². The highest BCUT2D eigenvalue weighted by atomic mass is 19.1. The van der Waals surface area contributed by atoms with Crippen molar-refractivity contribution in [2.24, 2.45) is 0 Å². The van der Waals surface area contributed by atoms with Crippen molar-refractivity contribution in [1.82, 2.24) is 29.1 Å². The first-order chi connectivity index (χ1) is 24.4. The quantitative estimate of drug-likeness (QED) is 0.208. The third kappa shape index (κ3) is 6.84. The van der Waals surface area contributed by atoms with Gasteiger partial charge in [-0.25, -0.2) is 32.5 Å². The lowest BCUT2D eigenvalue weighted by Gasteiger charge is -2.37. The molecule has 2 saturated heterocycles. The minimum absolute atomic E-state index is 0.0265. The summed E-state index contributed by atoms with van der Waals surface area (Å²) in [6.07, 6.45) is 4.43. The molecule has 0 amide bonds. The van der Waals surface area contributed by atoms with E-state index in [0.717, 1.165) is 49.3 Å². The highest BCUT2D eigenvalue weighted by molar-refractivity contribution is 5.54. The molecule has 13 nitrogen and oxygen atoms in total. The minimum Gasteiger partial charge on any atom is -0.491 e. The molecular formula is C35H38F2N8O5. The number of piperazine rings is 1. The lowest BCUT2D eigenvalue weighted by Crippen LogP contribution is -2.46. The number of hydrogen-bond acceptors (Lipinski definition) is 10. The molecule has 0 aliphatic carbocycles. The number of ether oxygens (including phenoxy) is 3. The van der Waals surface area contributed by atoms with Crippen LogP contribution in [0.25, 0.3) is 5.69 Å². The number of aromatic nitrogens is 6. The zero-order valence-electron chi connectivity index (χ0n) is 27.5. The first-order valence-corrected chi connectivity index (χ1v) is 16.6. The van der Waals surface area contributed by atoms with Crippen molar-refractivity contribution in [2.75, 3.05) is 55.8 Å². The van der Waals surface area contributed by atoms with Crippen LogP contribution < -0.4 is 20.2 Å². The fourth-order valence-corrected chi connectivity index (χ4v) is 6.39. The third-order valence-corrected chi connectivity index (χ3v) is 9.17. The van der Waals surface area contributed by atoms with Crippen molar-refractivity contribution in [3.05, 3.63) is 113 Å². The van der Waals surface area contributed by atoms with Gasteiger partial charge in [0, 0.05) is 49.2 Å². The van der Waals surface area contributed by atoms with Crippen LogP contribution in [-0.4, -0.2) is 86.3 Å². The summed E-state index contributed by atoms with van der Waals surface area (Å²) in [5, 5.41) is 17.9. The Kier molecular flexibility index (Phi) is 9.61. The second-order valence-corrected chi connectivity index (χ2v) is 12.3. The Balaban J connectivity index is 0.924. The molecule has 2 aromatic heterocycles. The molecule has 0 bridgehead atoms. The summed E-state index contributed by atoms with van der Waals surface area (Å²) in [4.78, 5) is 21.4.